The predicted molar refractivity (Wildman–Crippen MR) is 126 cm³/mol. The molecule has 0 aromatic heterocycles. The first kappa shape index (κ1) is 22.3. The van der Waals surface area contributed by atoms with Gasteiger partial charge in [0.05, 0.1) is 28.6 Å². The van der Waals surface area contributed by atoms with Gasteiger partial charge in [-0.05, 0) is 29.8 Å². The van der Waals surface area contributed by atoms with Gasteiger partial charge in [-0.1, -0.05) is 48.0 Å². The minimum atomic E-state index is -2.19. The van der Waals surface area contributed by atoms with Crippen LogP contribution in [0.4, 0.5) is 11.4 Å². The van der Waals surface area contributed by atoms with Crippen molar-refractivity contribution < 1.29 is 28.8 Å². The molecule has 2 heterocycles. The zero-order valence-electron chi connectivity index (χ0n) is 18.3. The first-order chi connectivity index (χ1) is 17.3. The fraction of sp³-hybridized carbons (Fsp3) is 0.154. The van der Waals surface area contributed by atoms with Gasteiger partial charge in [-0.2, -0.15) is 0 Å². The Morgan fingerprint density at radius 3 is 1.97 bits per heavy atom. The smallest absolute Gasteiger partial charge is 0.269 e. The van der Waals surface area contributed by atoms with E-state index in [1.54, 1.807) is 36.4 Å². The molecule has 6 rings (SSSR count). The summed E-state index contributed by atoms with van der Waals surface area (Å²) in [7, 11) is 0. The average molecular weight is 503 g/mol. The number of ketones is 2. The summed E-state index contributed by atoms with van der Waals surface area (Å²) in [4.78, 5) is 66.3. The average Bonchev–Trinajstić information content (AvgIpc) is 3.44. The van der Waals surface area contributed by atoms with E-state index in [4.69, 9.17) is 16.3 Å². The largest absolute Gasteiger partial charge is 0.349 e. The fourth-order valence-electron chi connectivity index (χ4n) is 5.45. The van der Waals surface area contributed by atoms with Gasteiger partial charge >= 0.3 is 0 Å². The van der Waals surface area contributed by atoms with Crippen LogP contribution in [-0.4, -0.2) is 33.9 Å². The highest BCUT2D eigenvalue weighted by Crippen LogP contribution is 2.57. The number of anilines is 1. The van der Waals surface area contributed by atoms with Gasteiger partial charge in [0, 0.05) is 28.3 Å². The molecule has 2 aliphatic heterocycles. The van der Waals surface area contributed by atoms with Gasteiger partial charge in [-0.3, -0.25) is 29.3 Å². The number of imide groups is 1. The molecular formula is C26H15ClN2O7. The third kappa shape index (κ3) is 2.81. The molecule has 0 bridgehead atoms. The lowest BCUT2D eigenvalue weighted by Crippen LogP contribution is -2.51. The van der Waals surface area contributed by atoms with Crippen LogP contribution < -0.4 is 4.90 Å². The number of fused-ring (bicyclic) bond motifs is 3. The molecule has 0 unspecified atom stereocenters. The molecule has 36 heavy (non-hydrogen) atoms. The normalized spacial score (nSPS) is 23.9. The number of nitro groups is 1. The van der Waals surface area contributed by atoms with Crippen LogP contribution in [0, 0.1) is 22.0 Å². The van der Waals surface area contributed by atoms with Gasteiger partial charge < -0.3 is 4.74 Å². The van der Waals surface area contributed by atoms with E-state index in [9.17, 15) is 29.3 Å². The molecule has 1 aliphatic carbocycles. The molecule has 178 valence electrons. The summed E-state index contributed by atoms with van der Waals surface area (Å²) in [5.41, 5.74) is -1.56. The van der Waals surface area contributed by atoms with Gasteiger partial charge in [0.15, 0.2) is 0 Å². The van der Waals surface area contributed by atoms with Crippen molar-refractivity contribution in [2.75, 3.05) is 4.90 Å². The van der Waals surface area contributed by atoms with E-state index in [0.717, 1.165) is 4.90 Å². The first-order valence-corrected chi connectivity index (χ1v) is 11.4. The number of halogens is 1. The Labute approximate surface area is 208 Å². The van der Waals surface area contributed by atoms with E-state index >= 15 is 0 Å². The second-order valence-electron chi connectivity index (χ2n) is 8.82. The standard InChI is InChI=1S/C26H15ClN2O7/c27-14-7-5-13(6-8-14)21-19-20(26(36-21)22(30)17-3-1-2-4-18(17)23(26)31)25(33)28(24(19)32)15-9-11-16(12-10-15)29(34)35/h1-12,19-21H/t19-,20-,21-/m1/s1. The molecule has 0 saturated carbocycles. The van der Waals surface area contributed by atoms with Crippen molar-refractivity contribution in [3.05, 3.63) is 105 Å². The number of nitrogens with zero attached hydrogens (tertiary/aromatic N) is 2. The molecule has 0 radical (unpaired) electrons. The molecule has 3 aliphatic rings. The number of amides is 2. The summed E-state index contributed by atoms with van der Waals surface area (Å²) in [5.74, 6) is -5.34. The number of Topliss-reactive ketones (excluding diaryl/α,β-unsaturated/α-hetero) is 2. The number of non-ortho nitro benzene ring substituents is 1. The predicted octanol–water partition coefficient (Wildman–Crippen LogP) is 3.94. The summed E-state index contributed by atoms with van der Waals surface area (Å²) in [6.07, 6.45) is -1.08. The van der Waals surface area contributed by atoms with Gasteiger partial charge in [0.2, 0.25) is 29.0 Å². The molecule has 1 spiro atoms. The van der Waals surface area contributed by atoms with Crippen molar-refractivity contribution in [1.29, 1.82) is 0 Å². The molecule has 9 nitrogen and oxygen atoms in total. The van der Waals surface area contributed by atoms with Crippen LogP contribution >= 0.6 is 11.6 Å². The minimum Gasteiger partial charge on any atom is -0.349 e. The Morgan fingerprint density at radius 1 is 0.833 bits per heavy atom. The maximum Gasteiger partial charge on any atom is 0.269 e. The Bertz CT molecular complexity index is 1460. The molecule has 0 N–H and O–H groups in total. The van der Waals surface area contributed by atoms with Crippen LogP contribution in [0.2, 0.25) is 5.02 Å². The molecule has 2 amide bonds. The van der Waals surface area contributed by atoms with Crippen LogP contribution in [0.25, 0.3) is 0 Å². The number of benzene rings is 3. The third-order valence-corrected chi connectivity index (χ3v) is 7.29. The van der Waals surface area contributed by atoms with Crippen LogP contribution in [0.15, 0.2) is 72.8 Å². The van der Waals surface area contributed by atoms with Gasteiger partial charge in [-0.15, -0.1) is 0 Å². The molecule has 10 heteroatoms. The van der Waals surface area contributed by atoms with Crippen molar-refractivity contribution in [1.82, 2.24) is 0 Å². The Hall–Kier alpha value is -4.21. The topological polar surface area (TPSA) is 124 Å². The fourth-order valence-corrected chi connectivity index (χ4v) is 5.57. The van der Waals surface area contributed by atoms with Crippen molar-refractivity contribution >= 4 is 46.4 Å². The van der Waals surface area contributed by atoms with Crippen LogP contribution in [0.5, 0.6) is 0 Å². The van der Waals surface area contributed by atoms with Crippen molar-refractivity contribution in [2.24, 2.45) is 11.8 Å². The molecule has 2 fully saturated rings. The second kappa shape index (κ2) is 7.64. The van der Waals surface area contributed by atoms with Crippen molar-refractivity contribution in [2.45, 2.75) is 11.7 Å². The monoisotopic (exact) mass is 502 g/mol. The van der Waals surface area contributed by atoms with E-state index in [0.29, 0.717) is 10.6 Å². The Kier molecular flexibility index (Phi) is 4.73. The minimum absolute atomic E-state index is 0.102. The van der Waals surface area contributed by atoms with Crippen LogP contribution in [-0.2, 0) is 14.3 Å². The highest BCUT2D eigenvalue weighted by molar-refractivity contribution is 6.37. The van der Waals surface area contributed by atoms with Gasteiger partial charge in [0.25, 0.3) is 5.69 Å². The highest BCUT2D eigenvalue weighted by Gasteiger charge is 2.74. The lowest BCUT2D eigenvalue weighted by molar-refractivity contribution is -0.384. The van der Waals surface area contributed by atoms with E-state index in [1.807, 2.05) is 0 Å². The number of hydrogen-bond donors (Lipinski definition) is 0. The Balaban J connectivity index is 1.51. The summed E-state index contributed by atoms with van der Waals surface area (Å²) in [6, 6.07) is 17.5. The number of rotatable bonds is 3. The first-order valence-electron chi connectivity index (χ1n) is 11.0. The molecular weight excluding hydrogens is 488 g/mol. The van der Waals surface area contributed by atoms with Crippen molar-refractivity contribution in [3.63, 3.8) is 0 Å². The summed E-state index contributed by atoms with van der Waals surface area (Å²) < 4.78 is 6.19. The zero-order chi connectivity index (χ0) is 25.4. The van der Waals surface area contributed by atoms with Gasteiger partial charge in [-0.25, -0.2) is 4.90 Å². The second-order valence-corrected chi connectivity index (χ2v) is 9.25. The van der Waals surface area contributed by atoms with E-state index in [2.05, 4.69) is 0 Å². The lowest BCUT2D eigenvalue weighted by atomic mass is 9.77. The number of ether oxygens (including phenoxy) is 1. The summed E-state index contributed by atoms with van der Waals surface area (Å²) >= 11 is 6.02. The van der Waals surface area contributed by atoms with E-state index in [-0.39, 0.29) is 22.5 Å². The quantitative estimate of drug-likeness (QED) is 0.230. The molecule has 2 saturated heterocycles. The van der Waals surface area contributed by atoms with Crippen molar-refractivity contribution in [3.8, 4) is 0 Å². The lowest BCUT2D eigenvalue weighted by Gasteiger charge is -2.27. The van der Waals surface area contributed by atoms with Gasteiger partial charge in [0.1, 0.15) is 0 Å². The summed E-state index contributed by atoms with van der Waals surface area (Å²) in [6.45, 7) is 0. The number of carbonyl (C=O) groups is 4. The van der Waals surface area contributed by atoms with Crippen LogP contribution in [0.3, 0.4) is 0 Å². The number of hydrogen-bond acceptors (Lipinski definition) is 7. The third-order valence-electron chi connectivity index (χ3n) is 7.04. The zero-order valence-corrected chi connectivity index (χ0v) is 19.0. The molecule has 3 aromatic rings. The molecule has 3 atom stereocenters. The summed E-state index contributed by atoms with van der Waals surface area (Å²) in [5, 5.41) is 11.5. The number of nitro benzene ring substituents is 1. The highest BCUT2D eigenvalue weighted by atomic mass is 35.5. The SMILES string of the molecule is O=C1[C@H]2[C@@H](c3ccc(Cl)cc3)OC3(C(=O)c4ccccc4C3=O)[C@H]2C(=O)N1c1ccc([N+](=O)[O-])cc1. The van der Waals surface area contributed by atoms with Crippen LogP contribution in [0.1, 0.15) is 32.4 Å². The molecule has 3 aromatic carbocycles. The van der Waals surface area contributed by atoms with E-state index < -0.39 is 51.8 Å². The van der Waals surface area contributed by atoms with E-state index in [1.165, 1.54) is 36.4 Å². The maximum atomic E-state index is 13.8. The maximum absolute atomic E-state index is 13.8. The number of carbonyl (C=O) groups excluding carboxylic acids is 4. The Morgan fingerprint density at radius 2 is 1.42 bits per heavy atom.